The minimum atomic E-state index is 0.215. The minimum Gasteiger partial charge on any atom is -0.409 e. The van der Waals surface area contributed by atoms with Gasteiger partial charge < -0.3 is 9.15 Å². The van der Waals surface area contributed by atoms with Crippen LogP contribution in [-0.4, -0.2) is 40.0 Å². The molecule has 2 heterocycles. The topological polar surface area (TPSA) is 43.4 Å². The number of halogens is 1. The first-order valence-corrected chi connectivity index (χ1v) is 8.43. The zero-order chi connectivity index (χ0) is 15.7. The van der Waals surface area contributed by atoms with E-state index in [1.807, 2.05) is 24.3 Å². The molecule has 5 nitrogen and oxygen atoms in total. The predicted octanol–water partition coefficient (Wildman–Crippen LogP) is 3.70. The fourth-order valence-electron chi connectivity index (χ4n) is 2.73. The highest BCUT2D eigenvalue weighted by molar-refractivity contribution is 9.10. The Morgan fingerprint density at radius 3 is 2.64 bits per heavy atom. The average Bonchev–Trinajstić information content (AvgIpc) is 2.79. The van der Waals surface area contributed by atoms with Crippen molar-refractivity contribution in [1.29, 1.82) is 0 Å². The van der Waals surface area contributed by atoms with Crippen LogP contribution >= 0.6 is 28.1 Å². The predicted molar refractivity (Wildman–Crippen MR) is 90.0 cm³/mol. The standard InChI is InChI=1S/C15H18BrN3O2S/c1-10-7-18(8-11(2)20-10)9-19-15(22)21-14(17-19)12-5-3-4-6-13(12)16/h3-6,10-11H,7-9H2,1-2H3/t10-,11-/m1/s1. The Balaban J connectivity index is 1.81. The van der Waals surface area contributed by atoms with Crippen molar-refractivity contribution in [3.63, 3.8) is 0 Å². The summed E-state index contributed by atoms with van der Waals surface area (Å²) in [5, 5.41) is 4.52. The third-order valence-corrected chi connectivity index (χ3v) is 4.53. The van der Waals surface area contributed by atoms with E-state index in [9.17, 15) is 0 Å². The highest BCUT2D eigenvalue weighted by Gasteiger charge is 2.23. The Morgan fingerprint density at radius 2 is 1.95 bits per heavy atom. The molecule has 1 aromatic carbocycles. The molecule has 22 heavy (non-hydrogen) atoms. The number of hydrogen-bond acceptors (Lipinski definition) is 5. The third-order valence-electron chi connectivity index (χ3n) is 3.54. The third kappa shape index (κ3) is 3.48. The molecule has 7 heteroatoms. The summed E-state index contributed by atoms with van der Waals surface area (Å²) in [5.41, 5.74) is 0.899. The average molecular weight is 384 g/mol. The van der Waals surface area contributed by atoms with E-state index >= 15 is 0 Å². The summed E-state index contributed by atoms with van der Waals surface area (Å²) in [5.74, 6) is 0.534. The van der Waals surface area contributed by atoms with Crippen molar-refractivity contribution in [2.45, 2.75) is 32.7 Å². The van der Waals surface area contributed by atoms with Gasteiger partial charge in [0.25, 0.3) is 4.84 Å². The second-order valence-corrected chi connectivity index (χ2v) is 6.79. The number of ether oxygens (including phenoxy) is 1. The van der Waals surface area contributed by atoms with Crippen LogP contribution in [0.1, 0.15) is 13.8 Å². The first-order valence-electron chi connectivity index (χ1n) is 7.23. The molecule has 118 valence electrons. The van der Waals surface area contributed by atoms with E-state index < -0.39 is 0 Å². The van der Waals surface area contributed by atoms with Crippen molar-refractivity contribution in [3.8, 4) is 11.5 Å². The van der Waals surface area contributed by atoms with E-state index in [1.165, 1.54) is 0 Å². The minimum absolute atomic E-state index is 0.215. The van der Waals surface area contributed by atoms with E-state index in [4.69, 9.17) is 21.4 Å². The molecule has 1 saturated heterocycles. The molecule has 0 bridgehead atoms. The van der Waals surface area contributed by atoms with Gasteiger partial charge in [0.15, 0.2) is 0 Å². The fraction of sp³-hybridized carbons (Fsp3) is 0.467. The maximum atomic E-state index is 5.75. The lowest BCUT2D eigenvalue weighted by molar-refractivity contribution is -0.0778. The van der Waals surface area contributed by atoms with Crippen LogP contribution in [0.25, 0.3) is 11.5 Å². The molecule has 0 saturated carbocycles. The van der Waals surface area contributed by atoms with Gasteiger partial charge in [-0.05, 0) is 54.1 Å². The monoisotopic (exact) mass is 383 g/mol. The van der Waals surface area contributed by atoms with Crippen molar-refractivity contribution in [1.82, 2.24) is 14.7 Å². The van der Waals surface area contributed by atoms with E-state index in [2.05, 4.69) is 39.8 Å². The summed E-state index contributed by atoms with van der Waals surface area (Å²) < 4.78 is 14.1. The quantitative estimate of drug-likeness (QED) is 0.755. The zero-order valence-corrected chi connectivity index (χ0v) is 14.9. The van der Waals surface area contributed by atoms with E-state index in [-0.39, 0.29) is 12.2 Å². The van der Waals surface area contributed by atoms with Crippen LogP contribution in [0.3, 0.4) is 0 Å². The van der Waals surface area contributed by atoms with Gasteiger partial charge in [0.1, 0.15) is 0 Å². The Morgan fingerprint density at radius 1 is 1.27 bits per heavy atom. The molecule has 1 fully saturated rings. The molecule has 3 rings (SSSR count). The van der Waals surface area contributed by atoms with Gasteiger partial charge in [-0.15, -0.1) is 5.10 Å². The van der Waals surface area contributed by atoms with Gasteiger partial charge in [-0.1, -0.05) is 12.1 Å². The highest BCUT2D eigenvalue weighted by atomic mass is 79.9. The maximum Gasteiger partial charge on any atom is 0.288 e. The molecule has 1 aromatic heterocycles. The normalized spacial score (nSPS) is 22.9. The number of benzene rings is 1. The molecule has 0 unspecified atom stereocenters. The van der Waals surface area contributed by atoms with Crippen LogP contribution in [0.4, 0.5) is 0 Å². The fourth-order valence-corrected chi connectivity index (χ4v) is 3.36. The second-order valence-electron chi connectivity index (χ2n) is 5.59. The van der Waals surface area contributed by atoms with Crippen LogP contribution in [0.15, 0.2) is 33.2 Å². The first-order chi connectivity index (χ1) is 10.5. The Bertz CT molecular complexity index is 705. The van der Waals surface area contributed by atoms with E-state index in [0.717, 1.165) is 23.1 Å². The van der Waals surface area contributed by atoms with Crippen LogP contribution in [0, 0.1) is 4.84 Å². The van der Waals surface area contributed by atoms with Crippen molar-refractivity contribution >= 4 is 28.1 Å². The SMILES string of the molecule is C[C@@H]1CN(Cn2nc(-c3ccccc3Br)oc2=S)C[C@@H](C)O1. The summed E-state index contributed by atoms with van der Waals surface area (Å²) in [7, 11) is 0. The Hall–Kier alpha value is -1.02. The highest BCUT2D eigenvalue weighted by Crippen LogP contribution is 2.26. The van der Waals surface area contributed by atoms with Gasteiger partial charge in [0, 0.05) is 17.6 Å². The van der Waals surface area contributed by atoms with Gasteiger partial charge in [0.05, 0.1) is 24.4 Å². The maximum absolute atomic E-state index is 5.75. The zero-order valence-electron chi connectivity index (χ0n) is 12.5. The molecule has 1 aliphatic rings. The molecular formula is C15H18BrN3O2S. The largest absolute Gasteiger partial charge is 0.409 e. The van der Waals surface area contributed by atoms with Gasteiger partial charge in [-0.3, -0.25) is 4.90 Å². The van der Waals surface area contributed by atoms with Crippen LogP contribution < -0.4 is 0 Å². The van der Waals surface area contributed by atoms with Crippen molar-refractivity contribution in [2.24, 2.45) is 0 Å². The molecule has 0 spiro atoms. The number of morpholine rings is 1. The lowest BCUT2D eigenvalue weighted by atomic mass is 10.2. The van der Waals surface area contributed by atoms with E-state index in [0.29, 0.717) is 17.4 Å². The molecule has 2 aromatic rings. The lowest BCUT2D eigenvalue weighted by Crippen LogP contribution is -2.46. The number of aromatic nitrogens is 2. The van der Waals surface area contributed by atoms with Crippen LogP contribution in [0.5, 0.6) is 0 Å². The van der Waals surface area contributed by atoms with Gasteiger partial charge >= 0.3 is 0 Å². The van der Waals surface area contributed by atoms with E-state index in [1.54, 1.807) is 4.68 Å². The number of hydrogen-bond donors (Lipinski definition) is 0. The van der Waals surface area contributed by atoms with Crippen molar-refractivity contribution in [3.05, 3.63) is 33.6 Å². The number of rotatable bonds is 3. The molecule has 1 aliphatic heterocycles. The number of nitrogens with zero attached hydrogens (tertiary/aromatic N) is 3. The van der Waals surface area contributed by atoms with Gasteiger partial charge in [-0.25, -0.2) is 4.68 Å². The lowest BCUT2D eigenvalue weighted by Gasteiger charge is -2.34. The Labute approximate surface area is 143 Å². The summed E-state index contributed by atoms with van der Waals surface area (Å²) >= 11 is 8.81. The van der Waals surface area contributed by atoms with Crippen molar-refractivity contribution in [2.75, 3.05) is 13.1 Å². The summed E-state index contributed by atoms with van der Waals surface area (Å²) in [6, 6.07) is 7.81. The molecule has 0 radical (unpaired) electrons. The van der Waals surface area contributed by atoms with Crippen LogP contribution in [0.2, 0.25) is 0 Å². The van der Waals surface area contributed by atoms with Crippen LogP contribution in [-0.2, 0) is 11.4 Å². The van der Waals surface area contributed by atoms with Crippen molar-refractivity contribution < 1.29 is 9.15 Å². The smallest absolute Gasteiger partial charge is 0.288 e. The molecule has 0 N–H and O–H groups in total. The molecule has 2 atom stereocenters. The molecule has 0 aliphatic carbocycles. The van der Waals surface area contributed by atoms with Gasteiger partial charge in [0.2, 0.25) is 5.89 Å². The Kier molecular flexibility index (Phi) is 4.77. The second kappa shape index (κ2) is 6.62. The summed E-state index contributed by atoms with van der Waals surface area (Å²) in [6.45, 7) is 6.51. The molecule has 0 amide bonds. The summed E-state index contributed by atoms with van der Waals surface area (Å²) in [4.78, 5) is 2.67. The van der Waals surface area contributed by atoms with Gasteiger partial charge in [-0.2, -0.15) is 0 Å². The molecular weight excluding hydrogens is 366 g/mol. The summed E-state index contributed by atoms with van der Waals surface area (Å²) in [6.07, 6.45) is 0.431. The first kappa shape index (κ1) is 15.9.